The van der Waals surface area contributed by atoms with Crippen LogP contribution in [-0.2, 0) is 0 Å². The quantitative estimate of drug-likeness (QED) is 0.656. The van der Waals surface area contributed by atoms with Gasteiger partial charge in [0, 0.05) is 24.7 Å². The smallest absolute Gasteiger partial charge is 0.124 e. The fourth-order valence-electron chi connectivity index (χ4n) is 3.21. The highest BCUT2D eigenvalue weighted by Crippen LogP contribution is 2.33. The van der Waals surface area contributed by atoms with Gasteiger partial charge in [0.05, 0.1) is 12.8 Å². The average molecular weight is 275 g/mol. The summed E-state index contributed by atoms with van der Waals surface area (Å²) in [6.45, 7) is 2.31. The van der Waals surface area contributed by atoms with E-state index in [9.17, 15) is 0 Å². The van der Waals surface area contributed by atoms with E-state index in [2.05, 4.69) is 18.9 Å². The summed E-state index contributed by atoms with van der Waals surface area (Å²) in [5, 5.41) is 7.77. The summed E-state index contributed by atoms with van der Waals surface area (Å²) in [6.07, 6.45) is 5.07. The monoisotopic (exact) mass is 275 g/mol. The predicted octanol–water partition coefficient (Wildman–Crippen LogP) is 2.99. The largest absolute Gasteiger partial charge is 0.497 e. The van der Waals surface area contributed by atoms with Crippen LogP contribution in [0, 0.1) is 11.3 Å². The maximum atomic E-state index is 7.77. The number of nitrogens with zero attached hydrogens (tertiary/aromatic N) is 1. The van der Waals surface area contributed by atoms with E-state index in [4.69, 9.17) is 15.9 Å². The summed E-state index contributed by atoms with van der Waals surface area (Å²) < 4.78 is 5.32. The number of anilines is 1. The number of nitrogens with one attached hydrogen (secondary N) is 1. The molecule has 0 bridgehead atoms. The molecule has 0 heterocycles. The molecule has 1 fully saturated rings. The van der Waals surface area contributed by atoms with Crippen molar-refractivity contribution in [2.75, 3.05) is 19.1 Å². The van der Waals surface area contributed by atoms with Crippen LogP contribution in [0.4, 0.5) is 5.69 Å². The Morgan fingerprint density at radius 3 is 2.65 bits per heavy atom. The van der Waals surface area contributed by atoms with Gasteiger partial charge in [0.2, 0.25) is 0 Å². The van der Waals surface area contributed by atoms with E-state index in [-0.39, 0.29) is 5.84 Å². The fourth-order valence-corrected chi connectivity index (χ4v) is 3.21. The second kappa shape index (κ2) is 6.16. The van der Waals surface area contributed by atoms with Crippen LogP contribution in [0.25, 0.3) is 0 Å². The summed E-state index contributed by atoms with van der Waals surface area (Å²) in [5.74, 6) is 1.58. The number of methoxy groups -OCH3 is 1. The molecule has 2 rings (SSSR count). The molecule has 1 aromatic rings. The second-order valence-corrected chi connectivity index (χ2v) is 5.74. The van der Waals surface area contributed by atoms with Crippen LogP contribution >= 0.6 is 0 Å². The zero-order valence-corrected chi connectivity index (χ0v) is 12.6. The van der Waals surface area contributed by atoms with Gasteiger partial charge < -0.3 is 15.4 Å². The van der Waals surface area contributed by atoms with Gasteiger partial charge in [-0.15, -0.1) is 0 Å². The van der Waals surface area contributed by atoms with Gasteiger partial charge in [-0.1, -0.05) is 19.8 Å². The lowest BCUT2D eigenvalue weighted by molar-refractivity contribution is 0.321. The van der Waals surface area contributed by atoms with Crippen molar-refractivity contribution < 1.29 is 4.74 Å². The van der Waals surface area contributed by atoms with Crippen LogP contribution in [0.1, 0.15) is 38.2 Å². The van der Waals surface area contributed by atoms with Crippen molar-refractivity contribution in [3.05, 3.63) is 23.8 Å². The highest BCUT2D eigenvalue weighted by Gasteiger charge is 2.26. The SMILES string of the molecule is COc1ccc(C(=N)N)c(N(C)C2CCCCC2C)c1. The third kappa shape index (κ3) is 2.89. The summed E-state index contributed by atoms with van der Waals surface area (Å²) in [6, 6.07) is 6.23. The van der Waals surface area contributed by atoms with Gasteiger partial charge in [-0.05, 0) is 30.9 Å². The summed E-state index contributed by atoms with van der Waals surface area (Å²) in [4.78, 5) is 2.28. The Morgan fingerprint density at radius 2 is 2.05 bits per heavy atom. The zero-order chi connectivity index (χ0) is 14.7. The lowest BCUT2D eigenvalue weighted by Crippen LogP contribution is -2.40. The Bertz CT molecular complexity index is 487. The summed E-state index contributed by atoms with van der Waals surface area (Å²) >= 11 is 0. The number of hydrogen-bond acceptors (Lipinski definition) is 3. The number of benzene rings is 1. The maximum absolute atomic E-state index is 7.77. The predicted molar refractivity (Wildman–Crippen MR) is 83.8 cm³/mol. The minimum absolute atomic E-state index is 0.109. The molecule has 4 heteroatoms. The molecule has 3 N–H and O–H groups in total. The van der Waals surface area contributed by atoms with Gasteiger partial charge in [0.15, 0.2) is 0 Å². The minimum atomic E-state index is 0.109. The molecule has 1 aliphatic carbocycles. The number of nitrogen functional groups attached to an aromatic ring is 1. The van der Waals surface area contributed by atoms with Crippen LogP contribution in [0.2, 0.25) is 0 Å². The second-order valence-electron chi connectivity index (χ2n) is 5.74. The normalized spacial score (nSPS) is 22.4. The number of hydrogen-bond donors (Lipinski definition) is 2. The molecule has 0 saturated heterocycles. The van der Waals surface area contributed by atoms with E-state index in [0.29, 0.717) is 12.0 Å². The highest BCUT2D eigenvalue weighted by atomic mass is 16.5. The van der Waals surface area contributed by atoms with E-state index >= 15 is 0 Å². The van der Waals surface area contributed by atoms with Crippen LogP contribution in [0.5, 0.6) is 5.75 Å². The van der Waals surface area contributed by atoms with Crippen molar-refractivity contribution >= 4 is 11.5 Å². The molecule has 1 aliphatic rings. The van der Waals surface area contributed by atoms with Crippen molar-refractivity contribution in [3.63, 3.8) is 0 Å². The molecule has 20 heavy (non-hydrogen) atoms. The van der Waals surface area contributed by atoms with Crippen LogP contribution in [-0.4, -0.2) is 26.0 Å². The Labute approximate surface area is 121 Å². The van der Waals surface area contributed by atoms with Gasteiger partial charge in [0.1, 0.15) is 11.6 Å². The van der Waals surface area contributed by atoms with Gasteiger partial charge in [-0.2, -0.15) is 0 Å². The molecule has 0 aromatic heterocycles. The molecule has 1 saturated carbocycles. The number of rotatable bonds is 4. The van der Waals surface area contributed by atoms with Crippen molar-refractivity contribution in [3.8, 4) is 5.75 Å². The molecular weight excluding hydrogens is 250 g/mol. The van der Waals surface area contributed by atoms with Crippen LogP contribution < -0.4 is 15.4 Å². The van der Waals surface area contributed by atoms with Gasteiger partial charge in [-0.3, -0.25) is 5.41 Å². The first-order valence-corrected chi connectivity index (χ1v) is 7.30. The van der Waals surface area contributed by atoms with Crippen molar-refractivity contribution in [1.82, 2.24) is 0 Å². The van der Waals surface area contributed by atoms with Crippen molar-refractivity contribution in [1.29, 1.82) is 5.41 Å². The third-order valence-electron chi connectivity index (χ3n) is 4.44. The average Bonchev–Trinajstić information content (AvgIpc) is 2.46. The molecular formula is C16H25N3O. The topological polar surface area (TPSA) is 62.3 Å². The number of ether oxygens (including phenoxy) is 1. The van der Waals surface area contributed by atoms with Gasteiger partial charge in [-0.25, -0.2) is 0 Å². The number of nitrogens with two attached hydrogens (primary N) is 1. The van der Waals surface area contributed by atoms with Crippen molar-refractivity contribution in [2.24, 2.45) is 11.7 Å². The lowest BCUT2D eigenvalue weighted by atomic mass is 9.84. The third-order valence-corrected chi connectivity index (χ3v) is 4.44. The van der Waals surface area contributed by atoms with E-state index in [1.165, 1.54) is 25.7 Å². The van der Waals surface area contributed by atoms with E-state index < -0.39 is 0 Å². The minimum Gasteiger partial charge on any atom is -0.497 e. The Morgan fingerprint density at radius 1 is 1.35 bits per heavy atom. The summed E-state index contributed by atoms with van der Waals surface area (Å²) in [5.41, 5.74) is 7.50. The first-order valence-electron chi connectivity index (χ1n) is 7.30. The molecule has 0 radical (unpaired) electrons. The summed E-state index contributed by atoms with van der Waals surface area (Å²) in [7, 11) is 3.77. The van der Waals surface area contributed by atoms with Crippen LogP contribution in [0.3, 0.4) is 0 Å². The van der Waals surface area contributed by atoms with E-state index in [0.717, 1.165) is 17.0 Å². The molecule has 2 unspecified atom stereocenters. The molecule has 0 aliphatic heterocycles. The Hall–Kier alpha value is -1.71. The molecule has 2 atom stereocenters. The standard InChI is InChI=1S/C16H25N3O/c1-11-6-4-5-7-14(11)19(2)15-10-12(20-3)8-9-13(15)16(17)18/h8-11,14H,4-7H2,1-3H3,(H3,17,18). The lowest BCUT2D eigenvalue weighted by Gasteiger charge is -2.38. The fraction of sp³-hybridized carbons (Fsp3) is 0.562. The Balaban J connectivity index is 2.35. The van der Waals surface area contributed by atoms with Gasteiger partial charge in [0.25, 0.3) is 0 Å². The maximum Gasteiger partial charge on any atom is 0.124 e. The molecule has 0 amide bonds. The molecule has 0 spiro atoms. The highest BCUT2D eigenvalue weighted by molar-refractivity contribution is 6.00. The van der Waals surface area contributed by atoms with Crippen molar-refractivity contribution in [2.45, 2.75) is 38.6 Å². The Kier molecular flexibility index (Phi) is 4.53. The van der Waals surface area contributed by atoms with Gasteiger partial charge >= 0.3 is 0 Å². The molecule has 1 aromatic carbocycles. The molecule has 4 nitrogen and oxygen atoms in total. The number of amidine groups is 1. The first kappa shape index (κ1) is 14.7. The molecule has 110 valence electrons. The van der Waals surface area contributed by atoms with E-state index in [1.807, 2.05) is 18.2 Å². The van der Waals surface area contributed by atoms with Crippen LogP contribution in [0.15, 0.2) is 18.2 Å². The van der Waals surface area contributed by atoms with E-state index in [1.54, 1.807) is 7.11 Å². The first-order chi connectivity index (χ1) is 9.54. The zero-order valence-electron chi connectivity index (χ0n) is 12.6.